The molecule has 218 valence electrons. The summed E-state index contributed by atoms with van der Waals surface area (Å²) in [4.78, 5) is 36.8. The lowest BCUT2D eigenvalue weighted by molar-refractivity contribution is -0.193. The summed E-state index contributed by atoms with van der Waals surface area (Å²) in [5.74, 6) is -4.32. The number of aromatic nitrogens is 4. The molecule has 0 aliphatic carbocycles. The second-order valence-electron chi connectivity index (χ2n) is 9.25. The molecular formula is C22H28F6N6O5. The fourth-order valence-corrected chi connectivity index (χ4v) is 4.20. The monoisotopic (exact) mass is 570 g/mol. The van der Waals surface area contributed by atoms with Crippen LogP contribution in [0, 0.1) is 0 Å². The van der Waals surface area contributed by atoms with E-state index < -0.39 is 24.3 Å². The van der Waals surface area contributed by atoms with Gasteiger partial charge in [-0.2, -0.15) is 31.4 Å². The average Bonchev–Trinajstić information content (AvgIpc) is 3.51. The highest BCUT2D eigenvalue weighted by Crippen LogP contribution is 2.44. The topological polar surface area (TPSA) is 143 Å². The number of carboxylic acids is 2. The number of carbonyl (C=O) groups is 3. The zero-order chi connectivity index (χ0) is 29.8. The molecule has 11 nitrogen and oxygen atoms in total. The summed E-state index contributed by atoms with van der Waals surface area (Å²) in [6.45, 7) is 6.59. The van der Waals surface area contributed by atoms with Crippen molar-refractivity contribution in [2.45, 2.75) is 63.5 Å². The normalized spacial score (nSPS) is 16.1. The smallest absolute Gasteiger partial charge is 0.475 e. The van der Waals surface area contributed by atoms with Gasteiger partial charge >= 0.3 is 30.3 Å². The molecule has 2 aliphatic heterocycles. The average molecular weight is 570 g/mol. The molecule has 1 fully saturated rings. The maximum Gasteiger partial charge on any atom is 0.490 e. The number of aryl methyl sites for hydroxylation is 1. The van der Waals surface area contributed by atoms with Crippen molar-refractivity contribution in [3.63, 3.8) is 0 Å². The number of fused-ring (bicyclic) bond motifs is 2. The van der Waals surface area contributed by atoms with Crippen molar-refractivity contribution in [2.75, 3.05) is 13.1 Å². The van der Waals surface area contributed by atoms with Crippen LogP contribution in [0.25, 0.3) is 11.3 Å². The van der Waals surface area contributed by atoms with Crippen molar-refractivity contribution >= 4 is 18.0 Å². The van der Waals surface area contributed by atoms with E-state index in [0.29, 0.717) is 0 Å². The van der Waals surface area contributed by atoms with Gasteiger partial charge in [-0.15, -0.1) is 0 Å². The molecule has 39 heavy (non-hydrogen) atoms. The molecule has 0 radical (unpaired) electrons. The molecular weight excluding hydrogens is 542 g/mol. The van der Waals surface area contributed by atoms with Crippen molar-refractivity contribution in [3.05, 3.63) is 24.4 Å². The number of halogens is 6. The largest absolute Gasteiger partial charge is 0.490 e. The standard InChI is InChI=1S/C18H26N6O.2C2HF3O2/c1-13(2)21-17(25)23-7-4-18(5-8-23)6-9-24-15(11-19-16(18)24)14-10-20-22(3)12-14;2*3-2(4,5)1(6)7/h10-13H,4-9H2,1-3H3,(H,21,25);2*(H,6,7). The number of urea groups is 1. The molecule has 2 amide bonds. The number of piperidine rings is 1. The Labute approximate surface area is 218 Å². The van der Waals surface area contributed by atoms with Crippen molar-refractivity contribution in [1.82, 2.24) is 29.5 Å². The van der Waals surface area contributed by atoms with Crippen molar-refractivity contribution in [2.24, 2.45) is 7.05 Å². The molecule has 2 aromatic heterocycles. The maximum atomic E-state index is 12.2. The minimum Gasteiger partial charge on any atom is -0.475 e. The Morgan fingerprint density at radius 1 is 0.949 bits per heavy atom. The fourth-order valence-electron chi connectivity index (χ4n) is 4.20. The summed E-state index contributed by atoms with van der Waals surface area (Å²) in [7, 11) is 1.93. The van der Waals surface area contributed by atoms with Crippen LogP contribution >= 0.6 is 0 Å². The van der Waals surface area contributed by atoms with E-state index >= 15 is 0 Å². The van der Waals surface area contributed by atoms with Gasteiger partial charge in [-0.05, 0) is 33.1 Å². The number of carboxylic acid groups (broad SMARTS) is 2. The van der Waals surface area contributed by atoms with Crippen LogP contribution in [-0.2, 0) is 28.6 Å². The van der Waals surface area contributed by atoms with Crippen LogP contribution < -0.4 is 5.32 Å². The van der Waals surface area contributed by atoms with Crippen LogP contribution in [0.2, 0.25) is 0 Å². The number of carbonyl (C=O) groups excluding carboxylic acids is 1. The molecule has 1 saturated heterocycles. The number of hydrogen-bond donors (Lipinski definition) is 3. The van der Waals surface area contributed by atoms with E-state index in [4.69, 9.17) is 24.8 Å². The van der Waals surface area contributed by atoms with Gasteiger partial charge in [-0.3, -0.25) is 4.68 Å². The molecule has 2 aliphatic rings. The van der Waals surface area contributed by atoms with Crippen molar-refractivity contribution < 1.29 is 50.9 Å². The third-order valence-corrected chi connectivity index (χ3v) is 6.05. The van der Waals surface area contributed by atoms with Gasteiger partial charge in [0.05, 0.1) is 18.1 Å². The molecule has 0 saturated carbocycles. The summed E-state index contributed by atoms with van der Waals surface area (Å²) in [5, 5.41) is 21.5. The van der Waals surface area contributed by atoms with Crippen LogP contribution in [0.5, 0.6) is 0 Å². The summed E-state index contributed by atoms with van der Waals surface area (Å²) in [5.41, 5.74) is 2.39. The number of rotatable bonds is 2. The van der Waals surface area contributed by atoms with Gasteiger partial charge in [-0.25, -0.2) is 19.4 Å². The lowest BCUT2D eigenvalue weighted by Gasteiger charge is -2.38. The first-order valence-electron chi connectivity index (χ1n) is 11.6. The molecule has 4 rings (SSSR count). The van der Waals surface area contributed by atoms with Gasteiger partial charge in [0, 0.05) is 49.9 Å². The zero-order valence-electron chi connectivity index (χ0n) is 21.2. The van der Waals surface area contributed by atoms with E-state index in [2.05, 4.69) is 15.0 Å². The molecule has 3 N–H and O–H groups in total. The third kappa shape index (κ3) is 8.10. The van der Waals surface area contributed by atoms with Crippen LogP contribution in [0.4, 0.5) is 31.1 Å². The summed E-state index contributed by atoms with van der Waals surface area (Å²) >= 11 is 0. The van der Waals surface area contributed by atoms with E-state index in [1.54, 1.807) is 0 Å². The van der Waals surface area contributed by atoms with Crippen molar-refractivity contribution in [3.8, 4) is 11.3 Å². The van der Waals surface area contributed by atoms with Crippen LogP contribution in [-0.4, -0.2) is 83.9 Å². The predicted octanol–water partition coefficient (Wildman–Crippen LogP) is 3.41. The molecule has 17 heteroatoms. The number of imidazole rings is 1. The van der Waals surface area contributed by atoms with Gasteiger partial charge in [0.2, 0.25) is 0 Å². The van der Waals surface area contributed by atoms with Crippen molar-refractivity contribution in [1.29, 1.82) is 0 Å². The second kappa shape index (κ2) is 11.9. The maximum absolute atomic E-state index is 12.2. The molecule has 0 aromatic carbocycles. The zero-order valence-corrected chi connectivity index (χ0v) is 21.2. The Bertz CT molecular complexity index is 1140. The molecule has 4 heterocycles. The minimum absolute atomic E-state index is 0.0576. The Hall–Kier alpha value is -3.79. The lowest BCUT2D eigenvalue weighted by Crippen LogP contribution is -2.49. The third-order valence-electron chi connectivity index (χ3n) is 6.05. The van der Waals surface area contributed by atoms with Gasteiger partial charge in [0.1, 0.15) is 5.82 Å². The van der Waals surface area contributed by atoms with E-state index in [-0.39, 0.29) is 17.5 Å². The highest BCUT2D eigenvalue weighted by atomic mass is 19.4. The Balaban J connectivity index is 0.000000317. The predicted molar refractivity (Wildman–Crippen MR) is 123 cm³/mol. The van der Waals surface area contributed by atoms with Crippen LogP contribution in [0.1, 0.15) is 38.9 Å². The van der Waals surface area contributed by atoms with Gasteiger partial charge in [0.25, 0.3) is 0 Å². The second-order valence-corrected chi connectivity index (χ2v) is 9.25. The molecule has 0 unspecified atom stereocenters. The molecule has 0 bridgehead atoms. The first kappa shape index (κ1) is 31.4. The van der Waals surface area contributed by atoms with Gasteiger partial charge < -0.3 is 25.0 Å². The highest BCUT2D eigenvalue weighted by molar-refractivity contribution is 5.74. The fraction of sp³-hybridized carbons (Fsp3) is 0.591. The Morgan fingerprint density at radius 2 is 1.44 bits per heavy atom. The number of nitrogens with one attached hydrogen (secondary N) is 1. The quantitative estimate of drug-likeness (QED) is 0.470. The summed E-state index contributed by atoms with van der Waals surface area (Å²) in [6.07, 6.45) is -1.17. The number of aliphatic carboxylic acids is 2. The number of nitrogens with zero attached hydrogens (tertiary/aromatic N) is 5. The van der Waals surface area contributed by atoms with E-state index in [1.807, 2.05) is 49.1 Å². The Morgan fingerprint density at radius 3 is 1.85 bits per heavy atom. The molecule has 0 atom stereocenters. The summed E-state index contributed by atoms with van der Waals surface area (Å²) in [6, 6.07) is 0.234. The highest BCUT2D eigenvalue weighted by Gasteiger charge is 2.45. The van der Waals surface area contributed by atoms with E-state index in [9.17, 15) is 31.1 Å². The first-order chi connectivity index (χ1) is 17.9. The van der Waals surface area contributed by atoms with Gasteiger partial charge in [-0.1, -0.05) is 0 Å². The summed E-state index contributed by atoms with van der Waals surface area (Å²) < 4.78 is 67.6. The number of alkyl halides is 6. The molecule has 2 aromatic rings. The molecule has 1 spiro atoms. The number of hydrogen-bond acceptors (Lipinski definition) is 5. The number of likely N-dealkylation sites (tertiary alicyclic amines) is 1. The number of amides is 2. The van der Waals surface area contributed by atoms with E-state index in [1.165, 1.54) is 5.82 Å². The lowest BCUT2D eigenvalue weighted by atomic mass is 9.77. The first-order valence-corrected chi connectivity index (χ1v) is 11.6. The van der Waals surface area contributed by atoms with Crippen LogP contribution in [0.3, 0.4) is 0 Å². The minimum atomic E-state index is -5.08. The SMILES string of the molecule is CC(C)NC(=O)N1CCC2(CC1)CCn1c(-c3cnn(C)c3)cnc12.O=C(O)C(F)(F)F.O=C(O)C(F)(F)F. The Kier molecular flexibility index (Phi) is 9.62. The van der Waals surface area contributed by atoms with Gasteiger partial charge in [0.15, 0.2) is 0 Å². The van der Waals surface area contributed by atoms with E-state index in [0.717, 1.165) is 50.2 Å². The van der Waals surface area contributed by atoms with Crippen LogP contribution in [0.15, 0.2) is 18.6 Å².